The topological polar surface area (TPSA) is 143 Å². The van der Waals surface area contributed by atoms with Gasteiger partial charge in [0.15, 0.2) is 5.82 Å². The van der Waals surface area contributed by atoms with Crippen molar-refractivity contribution in [3.8, 4) is 17.1 Å². The first-order chi connectivity index (χ1) is 28.2. The number of imide groups is 1. The lowest BCUT2D eigenvalue weighted by molar-refractivity contribution is -0.136. The van der Waals surface area contributed by atoms with E-state index in [2.05, 4.69) is 64.1 Å². The van der Waals surface area contributed by atoms with Crippen molar-refractivity contribution in [1.82, 2.24) is 40.2 Å². The molecule has 4 aromatic rings. The van der Waals surface area contributed by atoms with E-state index in [-0.39, 0.29) is 42.6 Å². The second-order valence-electron chi connectivity index (χ2n) is 17.6. The molecule has 1 unspecified atom stereocenters. The van der Waals surface area contributed by atoms with Gasteiger partial charge in [0.25, 0.3) is 5.91 Å². The van der Waals surface area contributed by atoms with Crippen molar-refractivity contribution in [1.29, 1.82) is 0 Å². The first kappa shape index (κ1) is 37.1. The smallest absolute Gasteiger partial charge is 0.255 e. The van der Waals surface area contributed by atoms with Crippen LogP contribution < -0.4 is 19.9 Å². The summed E-state index contributed by atoms with van der Waals surface area (Å²) in [6, 6.07) is 10.8. The van der Waals surface area contributed by atoms with Crippen LogP contribution in [0.2, 0.25) is 0 Å². The highest BCUT2D eigenvalue weighted by Crippen LogP contribution is 2.41. The van der Waals surface area contributed by atoms with Gasteiger partial charge in [0.2, 0.25) is 11.8 Å². The SMILES string of the molecule is CC1(Oc2ccc3[nH]nc(-c4cc(N5CC[C@@H](CN6CCN(CC7CCN(c8ccc9c(c8F)CN(C8CCC(=O)NC8=O)C9=O)CC7)CC6)C5)ncn4)c3c2)CC1. The summed E-state index contributed by atoms with van der Waals surface area (Å²) in [7, 11) is 0. The number of anilines is 2. The molecule has 5 aliphatic heterocycles. The molecule has 2 aromatic heterocycles. The molecule has 304 valence electrons. The van der Waals surface area contributed by atoms with E-state index in [0.717, 1.165) is 131 Å². The molecule has 5 fully saturated rings. The largest absolute Gasteiger partial charge is 0.488 e. The molecule has 7 heterocycles. The van der Waals surface area contributed by atoms with E-state index >= 15 is 4.39 Å². The van der Waals surface area contributed by atoms with Crippen molar-refractivity contribution < 1.29 is 23.5 Å². The Hall–Kier alpha value is -5.15. The summed E-state index contributed by atoms with van der Waals surface area (Å²) in [4.78, 5) is 57.6. The maximum Gasteiger partial charge on any atom is 0.255 e. The number of hydrogen-bond donors (Lipinski definition) is 2. The zero-order valence-electron chi connectivity index (χ0n) is 33.1. The van der Waals surface area contributed by atoms with Crippen LogP contribution >= 0.6 is 0 Å². The van der Waals surface area contributed by atoms with Crippen molar-refractivity contribution >= 4 is 40.1 Å². The number of piperidine rings is 2. The van der Waals surface area contributed by atoms with Gasteiger partial charge in [-0.2, -0.15) is 5.10 Å². The Morgan fingerprint density at radius 1 is 0.862 bits per heavy atom. The summed E-state index contributed by atoms with van der Waals surface area (Å²) < 4.78 is 22.2. The third-order valence-corrected chi connectivity index (χ3v) is 13.4. The van der Waals surface area contributed by atoms with Gasteiger partial charge in [-0.05, 0) is 87.6 Å². The predicted octanol–water partition coefficient (Wildman–Crippen LogP) is 4.21. The predicted molar refractivity (Wildman–Crippen MR) is 216 cm³/mol. The van der Waals surface area contributed by atoms with E-state index in [1.54, 1.807) is 18.5 Å². The maximum atomic E-state index is 16.0. The van der Waals surface area contributed by atoms with Gasteiger partial charge in [0.05, 0.1) is 23.4 Å². The van der Waals surface area contributed by atoms with Crippen LogP contribution in [0.25, 0.3) is 22.3 Å². The summed E-state index contributed by atoms with van der Waals surface area (Å²) in [5, 5.41) is 11.1. The highest BCUT2D eigenvalue weighted by molar-refractivity contribution is 6.05. The summed E-state index contributed by atoms with van der Waals surface area (Å²) in [5.74, 6) is 1.42. The lowest BCUT2D eigenvalue weighted by Crippen LogP contribution is -2.52. The number of nitrogens with zero attached hydrogens (tertiary/aromatic N) is 8. The Morgan fingerprint density at radius 3 is 2.36 bits per heavy atom. The number of H-pyrrole nitrogens is 1. The number of amides is 3. The van der Waals surface area contributed by atoms with Crippen molar-refractivity contribution in [3.05, 3.63) is 59.7 Å². The quantitative estimate of drug-likeness (QED) is 0.223. The Morgan fingerprint density at radius 2 is 1.60 bits per heavy atom. The fraction of sp³-hybridized carbons (Fsp3) is 0.535. The number of benzene rings is 2. The van der Waals surface area contributed by atoms with Crippen molar-refractivity contribution in [2.24, 2.45) is 11.8 Å². The van der Waals surface area contributed by atoms with E-state index in [0.29, 0.717) is 28.7 Å². The summed E-state index contributed by atoms with van der Waals surface area (Å²) >= 11 is 0. The summed E-state index contributed by atoms with van der Waals surface area (Å²) in [5.41, 5.74) is 3.73. The number of fused-ring (bicyclic) bond motifs is 2. The zero-order chi connectivity index (χ0) is 39.5. The van der Waals surface area contributed by atoms with Gasteiger partial charge in [-0.25, -0.2) is 14.4 Å². The minimum atomic E-state index is -0.753. The van der Waals surface area contributed by atoms with Crippen LogP contribution in [0.5, 0.6) is 5.75 Å². The van der Waals surface area contributed by atoms with Gasteiger partial charge in [-0.1, -0.05) is 0 Å². The molecule has 3 amide bonds. The maximum absolute atomic E-state index is 16.0. The zero-order valence-corrected chi connectivity index (χ0v) is 33.1. The summed E-state index contributed by atoms with van der Waals surface area (Å²) in [6.45, 7) is 12.1. The lowest BCUT2D eigenvalue weighted by Gasteiger charge is -2.40. The van der Waals surface area contributed by atoms with E-state index in [1.165, 1.54) is 4.90 Å². The molecule has 1 aliphatic carbocycles. The van der Waals surface area contributed by atoms with E-state index in [1.807, 2.05) is 12.1 Å². The van der Waals surface area contributed by atoms with Crippen molar-refractivity contribution in [3.63, 3.8) is 0 Å². The third kappa shape index (κ3) is 7.27. The average molecular weight is 791 g/mol. The van der Waals surface area contributed by atoms with Gasteiger partial charge in [0, 0.05) is 94.4 Å². The first-order valence-electron chi connectivity index (χ1n) is 21.1. The van der Waals surface area contributed by atoms with Gasteiger partial charge in [0.1, 0.15) is 35.2 Å². The molecule has 0 radical (unpaired) electrons. The van der Waals surface area contributed by atoms with Gasteiger partial charge in [-0.15, -0.1) is 0 Å². The lowest BCUT2D eigenvalue weighted by atomic mass is 9.95. The van der Waals surface area contributed by atoms with Crippen molar-refractivity contribution in [2.45, 2.75) is 70.1 Å². The molecular weight excluding hydrogens is 740 g/mol. The second-order valence-corrected chi connectivity index (χ2v) is 17.6. The fourth-order valence-electron chi connectivity index (χ4n) is 9.73. The van der Waals surface area contributed by atoms with Crippen LogP contribution in [0.4, 0.5) is 15.9 Å². The molecular formula is C43H51FN10O4. The van der Waals surface area contributed by atoms with Crippen LogP contribution in [0.15, 0.2) is 42.7 Å². The molecule has 10 rings (SSSR count). The van der Waals surface area contributed by atoms with Crippen LogP contribution in [-0.2, 0) is 16.1 Å². The monoisotopic (exact) mass is 790 g/mol. The first-order valence-corrected chi connectivity index (χ1v) is 21.1. The number of piperazine rings is 1. The second kappa shape index (κ2) is 14.9. The Balaban J connectivity index is 0.683. The molecule has 2 N–H and O–H groups in total. The number of carbonyl (C=O) groups is 3. The molecule has 2 aromatic carbocycles. The van der Waals surface area contributed by atoms with Crippen LogP contribution in [0.3, 0.4) is 0 Å². The Kier molecular flexibility index (Phi) is 9.54. The number of carbonyl (C=O) groups excluding carboxylic acids is 3. The Labute approximate surface area is 337 Å². The number of ether oxygens (including phenoxy) is 1. The van der Waals surface area contributed by atoms with Gasteiger partial charge < -0.3 is 29.2 Å². The average Bonchev–Trinajstić information content (AvgIpc) is 3.52. The molecule has 1 saturated carbocycles. The molecule has 14 nitrogen and oxygen atoms in total. The van der Waals surface area contributed by atoms with Gasteiger partial charge >= 0.3 is 0 Å². The molecule has 58 heavy (non-hydrogen) atoms. The highest BCUT2D eigenvalue weighted by atomic mass is 19.1. The number of nitrogens with one attached hydrogen (secondary N) is 2. The minimum Gasteiger partial charge on any atom is -0.488 e. The molecule has 2 atom stereocenters. The number of rotatable bonds is 10. The van der Waals surface area contributed by atoms with E-state index < -0.39 is 11.9 Å². The standard InChI is InChI=1S/C43H51FN10O4/c1-43(11-12-43)58-29-2-4-33-31(20-29)40(49-48-33)34-21-37(46-26-45-34)53-15-10-28(24-53)23-51-18-16-50(17-19-51)22-27-8-13-52(14-9-27)35-5-3-30-32(39(35)44)25-54(42(30)57)36-6-7-38(55)47-41(36)56/h2-5,20-21,26-28,36H,6-19,22-25H2,1H3,(H,48,49)(H,47,55,56)/t28-,36?/m0/s1. The molecule has 0 spiro atoms. The van der Waals surface area contributed by atoms with E-state index in [4.69, 9.17) is 4.74 Å². The number of aromatic nitrogens is 4. The molecule has 6 aliphatic rings. The van der Waals surface area contributed by atoms with Crippen LogP contribution in [-0.4, -0.2) is 130 Å². The highest BCUT2D eigenvalue weighted by Gasteiger charge is 2.42. The number of halogens is 1. The molecule has 0 bridgehead atoms. The summed E-state index contributed by atoms with van der Waals surface area (Å²) in [6.07, 6.45) is 7.38. The van der Waals surface area contributed by atoms with Crippen LogP contribution in [0, 0.1) is 17.7 Å². The normalized spacial score (nSPS) is 24.2. The molecule has 4 saturated heterocycles. The van der Waals surface area contributed by atoms with Crippen LogP contribution in [0.1, 0.15) is 67.8 Å². The Bertz CT molecular complexity index is 2240. The minimum absolute atomic E-state index is 0.0469. The number of hydrogen-bond acceptors (Lipinski definition) is 11. The fourth-order valence-corrected chi connectivity index (χ4v) is 9.73. The van der Waals surface area contributed by atoms with Crippen molar-refractivity contribution in [2.75, 3.05) is 75.2 Å². The number of aromatic amines is 1. The van der Waals surface area contributed by atoms with Gasteiger partial charge in [-0.3, -0.25) is 24.8 Å². The third-order valence-electron chi connectivity index (χ3n) is 13.4. The van der Waals surface area contributed by atoms with E-state index in [9.17, 15) is 14.4 Å². The molecule has 15 heteroatoms.